The van der Waals surface area contributed by atoms with Crippen LogP contribution in [0.5, 0.6) is 5.88 Å². The van der Waals surface area contributed by atoms with Crippen molar-refractivity contribution in [2.45, 2.75) is 83.8 Å². The highest BCUT2D eigenvalue weighted by Crippen LogP contribution is 2.40. The lowest BCUT2D eigenvalue weighted by Crippen LogP contribution is -2.68. The van der Waals surface area contributed by atoms with Crippen LogP contribution < -0.4 is 20.6 Å². The Morgan fingerprint density at radius 3 is 1.92 bits per heavy atom. The van der Waals surface area contributed by atoms with Crippen LogP contribution in [0.15, 0.2) is 60.7 Å². The summed E-state index contributed by atoms with van der Waals surface area (Å²) >= 11 is 0. The fourth-order valence-corrected chi connectivity index (χ4v) is 10.2. The third kappa shape index (κ3) is 4.75. The van der Waals surface area contributed by atoms with Crippen molar-refractivity contribution in [2.75, 3.05) is 6.61 Å². The first kappa shape index (κ1) is 28.0. The monoisotopic (exact) mass is 554 g/mol. The number of aromatic nitrogens is 2. The molecule has 0 unspecified atom stereocenters. The zero-order valence-electron chi connectivity index (χ0n) is 23.7. The number of hydrogen-bond acceptors (Lipinski definition) is 5. The van der Waals surface area contributed by atoms with Gasteiger partial charge in [0.15, 0.2) is 0 Å². The third-order valence-corrected chi connectivity index (χ3v) is 13.3. The molecule has 0 amide bonds. The second-order valence-corrected chi connectivity index (χ2v) is 16.6. The van der Waals surface area contributed by atoms with Gasteiger partial charge in [-0.05, 0) is 43.1 Å². The van der Waals surface area contributed by atoms with Crippen molar-refractivity contribution in [3.63, 3.8) is 0 Å². The first-order valence-corrected chi connectivity index (χ1v) is 15.3. The molecule has 0 spiro atoms. The lowest BCUT2D eigenvalue weighted by molar-refractivity contribution is 0.00578. The fraction of sp³-hybridized carbons (Fsp3) is 0.483. The number of hydrogen-bond donors (Lipinski definition) is 0. The van der Waals surface area contributed by atoms with Gasteiger partial charge in [-0.3, -0.25) is 0 Å². The molecule has 2 aliphatic heterocycles. The molecule has 0 aliphatic carbocycles. The summed E-state index contributed by atoms with van der Waals surface area (Å²) in [6.07, 6.45) is -3.21. The molecule has 1 fully saturated rings. The molecule has 39 heavy (non-hydrogen) atoms. The van der Waals surface area contributed by atoms with E-state index in [1.54, 1.807) is 0 Å². The average Bonchev–Trinajstić information content (AvgIpc) is 3.35. The van der Waals surface area contributed by atoms with Gasteiger partial charge in [-0.15, -0.1) is 0 Å². The summed E-state index contributed by atoms with van der Waals surface area (Å²) in [4.78, 5) is 0. The van der Waals surface area contributed by atoms with Gasteiger partial charge in [0, 0.05) is 0 Å². The van der Waals surface area contributed by atoms with E-state index in [2.05, 4.69) is 50.1 Å². The van der Waals surface area contributed by atoms with Crippen LogP contribution in [0.2, 0.25) is 5.04 Å². The van der Waals surface area contributed by atoms with Crippen molar-refractivity contribution in [1.29, 1.82) is 0 Å². The van der Waals surface area contributed by atoms with E-state index >= 15 is 0 Å². The molecule has 2 aromatic carbocycles. The Balaban J connectivity index is 1.53. The third-order valence-electron chi connectivity index (χ3n) is 8.21. The van der Waals surface area contributed by atoms with Crippen LogP contribution in [-0.4, -0.2) is 49.1 Å². The smallest absolute Gasteiger partial charge is 0.475 e. The Morgan fingerprint density at radius 2 is 1.46 bits per heavy atom. The van der Waals surface area contributed by atoms with Crippen LogP contribution in [0, 0.1) is 0 Å². The Morgan fingerprint density at radius 1 is 0.949 bits per heavy atom. The van der Waals surface area contributed by atoms with Gasteiger partial charge >= 0.3 is 7.12 Å². The quantitative estimate of drug-likeness (QED) is 0.422. The van der Waals surface area contributed by atoms with Crippen molar-refractivity contribution >= 4 is 31.3 Å². The highest BCUT2D eigenvalue weighted by molar-refractivity contribution is 6.99. The standard InChI is InChI=1S/C29H37BF2N2O4Si/c1-27(2,3)39(21-14-10-8-11-15-21,22-16-12-9-13-17-22)36-20-18-34-26(35-19-20)23(24(33-34)25(31)32)30-37-28(4,5)29(6,7)38-30/h8-17,20,25H,18-19H2,1-7H3/t20-/m0/s1. The van der Waals surface area contributed by atoms with Crippen LogP contribution in [0.4, 0.5) is 8.78 Å². The summed E-state index contributed by atoms with van der Waals surface area (Å²) in [6.45, 7) is 14.6. The number of fused-ring (bicyclic) bond motifs is 1. The molecule has 1 saturated heterocycles. The first-order chi connectivity index (χ1) is 18.3. The summed E-state index contributed by atoms with van der Waals surface area (Å²) in [5.41, 5.74) is -1.59. The molecule has 1 aromatic heterocycles. The maximum absolute atomic E-state index is 14.3. The minimum Gasteiger partial charge on any atom is -0.475 e. The highest BCUT2D eigenvalue weighted by atomic mass is 28.4. The molecule has 6 nitrogen and oxygen atoms in total. The summed E-state index contributed by atoms with van der Waals surface area (Å²) < 4.78 is 55.6. The second kappa shape index (κ2) is 9.83. The van der Waals surface area contributed by atoms with Crippen molar-refractivity contribution in [3.05, 3.63) is 66.4 Å². The zero-order valence-corrected chi connectivity index (χ0v) is 24.7. The first-order valence-electron chi connectivity index (χ1n) is 13.4. The van der Waals surface area contributed by atoms with Gasteiger partial charge in [0.05, 0.1) is 29.3 Å². The van der Waals surface area contributed by atoms with E-state index < -0.39 is 39.2 Å². The van der Waals surface area contributed by atoms with E-state index in [0.29, 0.717) is 0 Å². The lowest BCUT2D eigenvalue weighted by Gasteiger charge is -2.45. The van der Waals surface area contributed by atoms with Gasteiger partial charge in [-0.25, -0.2) is 13.5 Å². The Kier molecular flexibility index (Phi) is 7.06. The predicted molar refractivity (Wildman–Crippen MR) is 151 cm³/mol. The summed E-state index contributed by atoms with van der Waals surface area (Å²) in [6, 6.07) is 20.6. The summed E-state index contributed by atoms with van der Waals surface area (Å²) in [7, 11) is -3.87. The van der Waals surface area contributed by atoms with Crippen molar-refractivity contribution < 1.29 is 27.3 Å². The minimum atomic E-state index is -2.87. The number of benzene rings is 2. The van der Waals surface area contributed by atoms with Gasteiger partial charge in [-0.2, -0.15) is 5.10 Å². The van der Waals surface area contributed by atoms with Crippen LogP contribution in [0.1, 0.15) is 60.6 Å². The van der Waals surface area contributed by atoms with Gasteiger partial charge in [-0.1, -0.05) is 81.4 Å². The van der Waals surface area contributed by atoms with E-state index in [4.69, 9.17) is 18.5 Å². The molecular weight excluding hydrogens is 517 g/mol. The summed E-state index contributed by atoms with van der Waals surface area (Å²) in [5, 5.41) is 6.34. The molecule has 2 aliphatic rings. The van der Waals surface area contributed by atoms with Crippen LogP contribution >= 0.6 is 0 Å². The number of alkyl halides is 2. The average molecular weight is 555 g/mol. The molecule has 0 bridgehead atoms. The number of ether oxygens (including phenoxy) is 1. The van der Waals surface area contributed by atoms with Crippen molar-refractivity contribution in [1.82, 2.24) is 9.78 Å². The van der Waals surface area contributed by atoms with Gasteiger partial charge in [0.25, 0.3) is 14.7 Å². The molecule has 5 rings (SSSR count). The van der Waals surface area contributed by atoms with Crippen LogP contribution in [0.3, 0.4) is 0 Å². The van der Waals surface area contributed by atoms with Crippen LogP contribution in [-0.2, 0) is 20.3 Å². The number of nitrogens with zero attached hydrogens (tertiary/aromatic N) is 2. The predicted octanol–water partition coefficient (Wildman–Crippen LogP) is 4.46. The van der Waals surface area contributed by atoms with Crippen LogP contribution in [0.25, 0.3) is 0 Å². The van der Waals surface area contributed by atoms with E-state index in [0.717, 1.165) is 10.4 Å². The molecule has 3 aromatic rings. The Bertz CT molecular complexity index is 1260. The second-order valence-electron chi connectivity index (χ2n) is 12.4. The highest BCUT2D eigenvalue weighted by Gasteiger charge is 2.56. The lowest BCUT2D eigenvalue weighted by atomic mass is 9.78. The van der Waals surface area contributed by atoms with Gasteiger partial charge in [0.2, 0.25) is 5.88 Å². The molecule has 208 valence electrons. The van der Waals surface area contributed by atoms with Gasteiger partial charge in [0.1, 0.15) is 12.3 Å². The number of rotatable bonds is 6. The van der Waals surface area contributed by atoms with Gasteiger partial charge < -0.3 is 18.5 Å². The van der Waals surface area contributed by atoms with E-state index in [9.17, 15) is 8.78 Å². The fourth-order valence-electron chi connectivity index (χ4n) is 5.53. The number of halogens is 2. The van der Waals surface area contributed by atoms with E-state index in [1.807, 2.05) is 64.1 Å². The molecule has 10 heteroatoms. The molecule has 3 heterocycles. The Hall–Kier alpha value is -2.53. The largest absolute Gasteiger partial charge is 0.502 e. The molecular formula is C29H37BF2N2O4Si. The SMILES string of the molecule is CC1(C)OB(c2c(C(F)F)nn3c2OC[C@@H](O[Si](c2ccccc2)(c2ccccc2)C(C)(C)C)C3)OC1(C)C. The maximum Gasteiger partial charge on any atom is 0.502 e. The Labute approximate surface area is 230 Å². The molecule has 0 N–H and O–H groups in total. The molecule has 0 radical (unpaired) electrons. The zero-order chi connectivity index (χ0) is 28.2. The van der Waals surface area contributed by atoms with E-state index in [1.165, 1.54) is 4.68 Å². The topological polar surface area (TPSA) is 54.7 Å². The molecule has 1 atom stereocenters. The minimum absolute atomic E-state index is 0.160. The summed E-state index contributed by atoms with van der Waals surface area (Å²) in [5.74, 6) is 0.256. The molecule has 0 saturated carbocycles. The normalized spacial score (nSPS) is 20.7. The van der Waals surface area contributed by atoms with Crippen molar-refractivity contribution in [2.24, 2.45) is 0 Å². The van der Waals surface area contributed by atoms with Crippen molar-refractivity contribution in [3.8, 4) is 5.88 Å². The maximum atomic E-state index is 14.3. The van der Waals surface area contributed by atoms with E-state index in [-0.39, 0.29) is 35.2 Å².